The number of aromatic amines is 1. The fraction of sp³-hybridized carbons (Fsp3) is 0.167. The van der Waals surface area contributed by atoms with E-state index in [2.05, 4.69) is 15.3 Å². The van der Waals surface area contributed by atoms with Crippen molar-refractivity contribution in [1.82, 2.24) is 9.97 Å². The van der Waals surface area contributed by atoms with Gasteiger partial charge in [-0.25, -0.2) is 0 Å². The lowest BCUT2D eigenvalue weighted by molar-refractivity contribution is 0.102. The third kappa shape index (κ3) is 2.44. The number of hydrogen-bond acceptors (Lipinski definition) is 3. The molecule has 0 saturated heterocycles. The van der Waals surface area contributed by atoms with E-state index in [1.807, 2.05) is 30.3 Å². The van der Waals surface area contributed by atoms with Gasteiger partial charge in [-0.2, -0.15) is 4.98 Å². The highest BCUT2D eigenvalue weighted by atomic mass is 16.5. The molecule has 1 heterocycles. The van der Waals surface area contributed by atoms with Gasteiger partial charge in [0.15, 0.2) is 5.69 Å². The summed E-state index contributed by atoms with van der Waals surface area (Å²) < 4.78 is 4.93. The molecule has 0 bridgehead atoms. The maximum Gasteiger partial charge on any atom is 0.294 e. The molecule has 0 atom stereocenters. The van der Waals surface area contributed by atoms with Crippen molar-refractivity contribution >= 4 is 11.6 Å². The molecule has 0 aliphatic rings. The van der Waals surface area contributed by atoms with Crippen LogP contribution in [0.2, 0.25) is 0 Å². The average Bonchev–Trinajstić information content (AvgIpc) is 2.72. The summed E-state index contributed by atoms with van der Waals surface area (Å²) in [5.41, 5.74) is 1.75. The molecule has 1 aromatic carbocycles. The Labute approximate surface area is 98.8 Å². The second-order valence-corrected chi connectivity index (χ2v) is 3.54. The number of nitrogens with one attached hydrogen (secondary N) is 2. The van der Waals surface area contributed by atoms with Gasteiger partial charge >= 0.3 is 0 Å². The molecule has 0 saturated carbocycles. The van der Waals surface area contributed by atoms with Gasteiger partial charge < -0.3 is 15.0 Å². The van der Waals surface area contributed by atoms with Gasteiger partial charge in [0.05, 0.1) is 7.11 Å². The van der Waals surface area contributed by atoms with Crippen LogP contribution >= 0.6 is 0 Å². The lowest BCUT2D eigenvalue weighted by Gasteiger charge is -2.02. The van der Waals surface area contributed by atoms with Crippen LogP contribution < -0.4 is 10.1 Å². The Hall–Kier alpha value is -2.30. The van der Waals surface area contributed by atoms with Gasteiger partial charge in [0.2, 0.25) is 0 Å². The van der Waals surface area contributed by atoms with E-state index in [-0.39, 0.29) is 5.91 Å². The predicted octanol–water partition coefficient (Wildman–Crippen LogP) is 1.98. The van der Waals surface area contributed by atoms with Gasteiger partial charge in [-0.05, 0) is 19.1 Å². The molecular formula is C12H13N3O2. The molecule has 5 heteroatoms. The molecule has 5 nitrogen and oxygen atoms in total. The normalized spacial score (nSPS) is 10.0. The molecule has 2 N–H and O–H groups in total. The van der Waals surface area contributed by atoms with Crippen LogP contribution in [0, 0.1) is 6.92 Å². The van der Waals surface area contributed by atoms with E-state index >= 15 is 0 Å². The summed E-state index contributed by atoms with van der Waals surface area (Å²) in [7, 11) is 1.50. The second-order valence-electron chi connectivity index (χ2n) is 3.54. The Morgan fingerprint density at radius 2 is 2.06 bits per heavy atom. The largest absolute Gasteiger partial charge is 0.468 e. The molecule has 1 amide bonds. The van der Waals surface area contributed by atoms with Crippen LogP contribution in [0.25, 0.3) is 0 Å². The lowest BCUT2D eigenvalue weighted by atomic mass is 10.3. The van der Waals surface area contributed by atoms with Crippen LogP contribution in [-0.4, -0.2) is 23.0 Å². The van der Waals surface area contributed by atoms with E-state index in [1.54, 1.807) is 6.92 Å². The minimum atomic E-state index is -0.256. The van der Waals surface area contributed by atoms with E-state index in [0.29, 0.717) is 17.4 Å². The molecule has 0 aliphatic heterocycles. The molecule has 2 rings (SSSR count). The number of para-hydroxylation sites is 1. The summed E-state index contributed by atoms with van der Waals surface area (Å²) in [5.74, 6) is -0.256. The van der Waals surface area contributed by atoms with Gasteiger partial charge in [0.1, 0.15) is 0 Å². The number of anilines is 1. The van der Waals surface area contributed by atoms with Crippen molar-refractivity contribution in [3.8, 4) is 6.01 Å². The third-order valence-corrected chi connectivity index (χ3v) is 2.30. The molecule has 0 aliphatic carbocycles. The van der Waals surface area contributed by atoms with Gasteiger partial charge in [-0.15, -0.1) is 0 Å². The molecule has 1 aromatic heterocycles. The van der Waals surface area contributed by atoms with E-state index in [4.69, 9.17) is 4.74 Å². The van der Waals surface area contributed by atoms with Crippen molar-refractivity contribution in [2.45, 2.75) is 6.92 Å². The minimum absolute atomic E-state index is 0.256. The number of imidazole rings is 1. The lowest BCUT2D eigenvalue weighted by Crippen LogP contribution is -2.13. The molecule has 88 valence electrons. The molecular weight excluding hydrogens is 218 g/mol. The molecule has 17 heavy (non-hydrogen) atoms. The first kappa shape index (κ1) is 11.2. The summed E-state index contributed by atoms with van der Waals surface area (Å²) >= 11 is 0. The summed E-state index contributed by atoms with van der Waals surface area (Å²) in [6, 6.07) is 9.56. The first-order valence-electron chi connectivity index (χ1n) is 5.17. The number of aromatic nitrogens is 2. The zero-order valence-electron chi connectivity index (χ0n) is 9.65. The van der Waals surface area contributed by atoms with Crippen molar-refractivity contribution in [2.75, 3.05) is 12.4 Å². The summed E-state index contributed by atoms with van der Waals surface area (Å²) in [5, 5.41) is 2.76. The zero-order valence-corrected chi connectivity index (χ0v) is 9.65. The van der Waals surface area contributed by atoms with Crippen LogP contribution in [-0.2, 0) is 0 Å². The zero-order chi connectivity index (χ0) is 12.3. The number of H-pyrrole nitrogens is 1. The number of carbonyl (C=O) groups is 1. The standard InChI is InChI=1S/C12H13N3O2/c1-8-10(15-12(13-8)17-2)11(16)14-9-6-4-3-5-7-9/h3-7H,1-2H3,(H,13,15)(H,14,16). The Morgan fingerprint density at radius 3 is 2.65 bits per heavy atom. The number of carbonyl (C=O) groups excluding carboxylic acids is 1. The SMILES string of the molecule is COc1nc(C(=O)Nc2ccccc2)c(C)[nH]1. The average molecular weight is 231 g/mol. The highest BCUT2D eigenvalue weighted by Gasteiger charge is 2.15. The van der Waals surface area contributed by atoms with Crippen LogP contribution in [0.15, 0.2) is 30.3 Å². The number of aryl methyl sites for hydroxylation is 1. The van der Waals surface area contributed by atoms with Crippen LogP contribution in [0.1, 0.15) is 16.2 Å². The first-order valence-corrected chi connectivity index (χ1v) is 5.17. The number of hydrogen-bond donors (Lipinski definition) is 2. The van der Waals surface area contributed by atoms with Gasteiger partial charge in [0, 0.05) is 11.4 Å². The number of nitrogens with zero attached hydrogens (tertiary/aromatic N) is 1. The summed E-state index contributed by atoms with van der Waals surface area (Å²) in [4.78, 5) is 18.8. The quantitative estimate of drug-likeness (QED) is 0.848. The van der Waals surface area contributed by atoms with Crippen LogP contribution in [0.5, 0.6) is 6.01 Å². The van der Waals surface area contributed by atoms with E-state index in [0.717, 1.165) is 5.69 Å². The topological polar surface area (TPSA) is 67.0 Å². The van der Waals surface area contributed by atoms with E-state index in [9.17, 15) is 4.79 Å². The number of ether oxygens (including phenoxy) is 1. The van der Waals surface area contributed by atoms with Crippen molar-refractivity contribution in [3.63, 3.8) is 0 Å². The fourth-order valence-corrected chi connectivity index (χ4v) is 1.46. The molecule has 0 unspecified atom stereocenters. The maximum absolute atomic E-state index is 11.9. The van der Waals surface area contributed by atoms with Crippen molar-refractivity contribution in [2.24, 2.45) is 0 Å². The predicted molar refractivity (Wildman–Crippen MR) is 64.3 cm³/mol. The fourth-order valence-electron chi connectivity index (χ4n) is 1.46. The Morgan fingerprint density at radius 1 is 1.35 bits per heavy atom. The summed E-state index contributed by atoms with van der Waals surface area (Å²) in [6.07, 6.45) is 0. The van der Waals surface area contributed by atoms with Crippen molar-refractivity contribution in [1.29, 1.82) is 0 Å². The number of benzene rings is 1. The number of amides is 1. The van der Waals surface area contributed by atoms with Crippen molar-refractivity contribution in [3.05, 3.63) is 41.7 Å². The monoisotopic (exact) mass is 231 g/mol. The first-order chi connectivity index (χ1) is 8.20. The highest BCUT2D eigenvalue weighted by Crippen LogP contribution is 2.13. The smallest absolute Gasteiger partial charge is 0.294 e. The second kappa shape index (κ2) is 4.69. The molecule has 2 aromatic rings. The highest BCUT2D eigenvalue weighted by molar-refractivity contribution is 6.03. The van der Waals surface area contributed by atoms with Gasteiger partial charge in [-0.3, -0.25) is 4.79 Å². The van der Waals surface area contributed by atoms with Gasteiger partial charge in [-0.1, -0.05) is 18.2 Å². The minimum Gasteiger partial charge on any atom is -0.468 e. The van der Waals surface area contributed by atoms with Crippen LogP contribution in [0.3, 0.4) is 0 Å². The third-order valence-electron chi connectivity index (χ3n) is 2.30. The Bertz CT molecular complexity index is 520. The summed E-state index contributed by atoms with van der Waals surface area (Å²) in [6.45, 7) is 1.77. The molecule has 0 radical (unpaired) electrons. The van der Waals surface area contributed by atoms with E-state index < -0.39 is 0 Å². The Kier molecular flexibility index (Phi) is 3.09. The molecule has 0 spiro atoms. The maximum atomic E-state index is 11.9. The van der Waals surface area contributed by atoms with Crippen LogP contribution in [0.4, 0.5) is 5.69 Å². The Balaban J connectivity index is 2.17. The van der Waals surface area contributed by atoms with Crippen molar-refractivity contribution < 1.29 is 9.53 Å². The number of rotatable bonds is 3. The molecule has 0 fully saturated rings. The van der Waals surface area contributed by atoms with Gasteiger partial charge in [0.25, 0.3) is 11.9 Å². The van der Waals surface area contributed by atoms with E-state index in [1.165, 1.54) is 7.11 Å². The number of methoxy groups -OCH3 is 1.